The Morgan fingerprint density at radius 3 is 1.55 bits per heavy atom. The van der Waals surface area contributed by atoms with Crippen LogP contribution < -0.4 is 0 Å². The highest BCUT2D eigenvalue weighted by atomic mass is 15.1. The van der Waals surface area contributed by atoms with E-state index in [4.69, 9.17) is 9.97 Å². The molecule has 4 nitrogen and oxygen atoms in total. The van der Waals surface area contributed by atoms with Crippen LogP contribution in [0.1, 0.15) is 0 Å². The molecule has 4 heterocycles. The summed E-state index contributed by atoms with van der Waals surface area (Å²) in [5.41, 5.74) is 13.1. The lowest BCUT2D eigenvalue weighted by Crippen LogP contribution is -2.00. The fourth-order valence-corrected chi connectivity index (χ4v) is 9.91. The van der Waals surface area contributed by atoms with Gasteiger partial charge >= 0.3 is 0 Å². The summed E-state index contributed by atoms with van der Waals surface area (Å²) in [6, 6.07) is 76.6. The molecule has 288 valence electrons. The highest BCUT2D eigenvalue weighted by Crippen LogP contribution is 2.41. The van der Waals surface area contributed by atoms with Crippen molar-refractivity contribution in [1.29, 1.82) is 0 Å². The maximum absolute atomic E-state index is 5.32. The van der Waals surface area contributed by atoms with E-state index < -0.39 is 0 Å². The van der Waals surface area contributed by atoms with E-state index in [0.717, 1.165) is 67.0 Å². The zero-order valence-corrected chi connectivity index (χ0v) is 33.6. The van der Waals surface area contributed by atoms with Crippen molar-refractivity contribution < 1.29 is 0 Å². The van der Waals surface area contributed by atoms with Crippen molar-refractivity contribution in [3.63, 3.8) is 0 Å². The van der Waals surface area contributed by atoms with E-state index in [1.807, 2.05) is 18.3 Å². The largest absolute Gasteiger partial charge is 0.309 e. The van der Waals surface area contributed by atoms with Gasteiger partial charge < -0.3 is 4.57 Å². The summed E-state index contributed by atoms with van der Waals surface area (Å²) in [6.45, 7) is 0. The number of nitrogens with zero attached hydrogens (tertiary/aromatic N) is 4. The number of aromatic nitrogens is 4. The molecule has 62 heavy (non-hydrogen) atoms. The molecule has 4 aromatic heterocycles. The van der Waals surface area contributed by atoms with Crippen molar-refractivity contribution in [2.75, 3.05) is 0 Å². The number of benzene rings is 9. The molecule has 0 bridgehead atoms. The molecule has 9 aromatic carbocycles. The first-order valence-electron chi connectivity index (χ1n) is 21.1. The van der Waals surface area contributed by atoms with Gasteiger partial charge in [-0.2, -0.15) is 0 Å². The summed E-state index contributed by atoms with van der Waals surface area (Å²) in [4.78, 5) is 10.3. The summed E-state index contributed by atoms with van der Waals surface area (Å²) in [5.74, 6) is 0.857. The van der Waals surface area contributed by atoms with Crippen LogP contribution in [-0.2, 0) is 0 Å². The van der Waals surface area contributed by atoms with Crippen LogP contribution in [0.15, 0.2) is 219 Å². The van der Waals surface area contributed by atoms with Crippen molar-refractivity contribution in [3.05, 3.63) is 219 Å². The molecule has 0 amide bonds. The molecule has 0 unspecified atom stereocenters. The Balaban J connectivity index is 0.979. The number of pyridine rings is 2. The van der Waals surface area contributed by atoms with Gasteiger partial charge in [-0.3, -0.25) is 9.55 Å². The van der Waals surface area contributed by atoms with Crippen molar-refractivity contribution in [2.24, 2.45) is 0 Å². The third-order valence-corrected chi connectivity index (χ3v) is 12.7. The quantitative estimate of drug-likeness (QED) is 0.163. The smallest absolute Gasteiger partial charge is 0.138 e. The third kappa shape index (κ3) is 5.27. The normalized spacial score (nSPS) is 11.9. The summed E-state index contributed by atoms with van der Waals surface area (Å²) >= 11 is 0. The van der Waals surface area contributed by atoms with E-state index in [-0.39, 0.29) is 0 Å². The van der Waals surface area contributed by atoms with E-state index in [1.165, 1.54) is 54.1 Å². The van der Waals surface area contributed by atoms with Crippen LogP contribution in [0, 0.1) is 0 Å². The Labute approximate surface area is 357 Å². The zero-order valence-electron chi connectivity index (χ0n) is 33.6. The van der Waals surface area contributed by atoms with E-state index in [1.54, 1.807) is 0 Å². The Morgan fingerprint density at radius 2 is 0.839 bits per heavy atom. The van der Waals surface area contributed by atoms with Gasteiger partial charge in [-0.15, -0.1) is 0 Å². The van der Waals surface area contributed by atoms with Gasteiger partial charge in [0.1, 0.15) is 5.82 Å². The van der Waals surface area contributed by atoms with E-state index in [0.29, 0.717) is 0 Å². The van der Waals surface area contributed by atoms with Crippen LogP contribution in [0.3, 0.4) is 0 Å². The van der Waals surface area contributed by atoms with Crippen molar-refractivity contribution in [2.45, 2.75) is 0 Å². The van der Waals surface area contributed by atoms with Crippen LogP contribution in [0.4, 0.5) is 0 Å². The van der Waals surface area contributed by atoms with E-state index >= 15 is 0 Å². The lowest BCUT2D eigenvalue weighted by Gasteiger charge is -2.14. The molecular formula is C58H36N4. The number of hydrogen-bond donors (Lipinski definition) is 0. The van der Waals surface area contributed by atoms with Crippen LogP contribution in [0.25, 0.3) is 121 Å². The van der Waals surface area contributed by atoms with Crippen LogP contribution in [0.5, 0.6) is 0 Å². The fraction of sp³-hybridized carbons (Fsp3) is 0. The Bertz CT molecular complexity index is 3820. The molecule has 13 aromatic rings. The summed E-state index contributed by atoms with van der Waals surface area (Å²) in [6.07, 6.45) is 1.89. The minimum Gasteiger partial charge on any atom is -0.309 e. The lowest BCUT2D eigenvalue weighted by atomic mass is 9.94. The highest BCUT2D eigenvalue weighted by Gasteiger charge is 2.19. The standard InChI is InChI=1S/C58H36N4/c1-3-14-37(15-4-1)41-34-52(38-16-5-2-6-17-38)60-57(35-41)62-55-30-26-40(33-51(55)58-56(62)24-13-31-59-58)39-25-29-54-50(32-39)48-22-11-12-23-53(48)61(54)42-27-28-47-45-20-8-7-18-43(45)44-19-9-10-21-46(44)49(47)36-42/h1-36H. The topological polar surface area (TPSA) is 35.6 Å². The third-order valence-electron chi connectivity index (χ3n) is 12.7. The maximum Gasteiger partial charge on any atom is 0.138 e. The Kier molecular flexibility index (Phi) is 7.57. The molecule has 0 aliphatic heterocycles. The predicted octanol–water partition coefficient (Wildman–Crippen LogP) is 15.1. The van der Waals surface area contributed by atoms with Gasteiger partial charge in [0, 0.05) is 33.6 Å². The molecule has 0 fully saturated rings. The molecule has 0 spiro atoms. The van der Waals surface area contributed by atoms with Crippen molar-refractivity contribution in [3.8, 4) is 45.0 Å². The van der Waals surface area contributed by atoms with E-state index in [2.05, 4.69) is 209 Å². The predicted molar refractivity (Wildman–Crippen MR) is 260 cm³/mol. The number of para-hydroxylation sites is 1. The monoisotopic (exact) mass is 788 g/mol. The zero-order chi connectivity index (χ0) is 40.7. The molecule has 13 rings (SSSR count). The van der Waals surface area contributed by atoms with Gasteiger partial charge in [-0.05, 0) is 121 Å². The van der Waals surface area contributed by atoms with Gasteiger partial charge in [-0.25, -0.2) is 4.98 Å². The van der Waals surface area contributed by atoms with E-state index in [9.17, 15) is 0 Å². The first-order valence-corrected chi connectivity index (χ1v) is 21.1. The second kappa shape index (κ2) is 13.6. The average Bonchev–Trinajstić information content (AvgIpc) is 3.86. The Morgan fingerprint density at radius 1 is 0.290 bits per heavy atom. The maximum atomic E-state index is 5.32. The molecule has 0 N–H and O–H groups in total. The second-order valence-electron chi connectivity index (χ2n) is 16.2. The molecule has 0 atom stereocenters. The van der Waals surface area contributed by atoms with Gasteiger partial charge in [-0.1, -0.05) is 146 Å². The molecule has 0 radical (unpaired) electrons. The summed E-state index contributed by atoms with van der Waals surface area (Å²) < 4.78 is 4.70. The van der Waals surface area contributed by atoms with Gasteiger partial charge in [0.05, 0.1) is 33.3 Å². The van der Waals surface area contributed by atoms with Gasteiger partial charge in [0.25, 0.3) is 0 Å². The first-order chi connectivity index (χ1) is 30.7. The van der Waals surface area contributed by atoms with Crippen LogP contribution >= 0.6 is 0 Å². The summed E-state index contributed by atoms with van der Waals surface area (Å²) in [7, 11) is 0. The number of hydrogen-bond acceptors (Lipinski definition) is 2. The van der Waals surface area contributed by atoms with Crippen LogP contribution in [0.2, 0.25) is 0 Å². The van der Waals surface area contributed by atoms with Crippen LogP contribution in [-0.4, -0.2) is 19.1 Å². The average molecular weight is 789 g/mol. The van der Waals surface area contributed by atoms with Gasteiger partial charge in [0.2, 0.25) is 0 Å². The fourth-order valence-electron chi connectivity index (χ4n) is 9.91. The SMILES string of the molecule is c1ccc(-c2cc(-c3ccccc3)nc(-n3c4ccc(-c5ccc6c(c5)c5ccccc5n6-c5ccc6c7ccccc7c7ccccc7c6c5)cc4c4ncccc43)c2)cc1. The highest BCUT2D eigenvalue weighted by molar-refractivity contribution is 6.25. The van der Waals surface area contributed by atoms with Crippen molar-refractivity contribution in [1.82, 2.24) is 19.1 Å². The molecule has 0 saturated heterocycles. The molecular weight excluding hydrogens is 753 g/mol. The Hall–Kier alpha value is -8.34. The second-order valence-corrected chi connectivity index (χ2v) is 16.2. The molecule has 0 aliphatic rings. The minimum absolute atomic E-state index is 0.857. The number of fused-ring (bicyclic) bond motifs is 12. The van der Waals surface area contributed by atoms with Gasteiger partial charge in [0.15, 0.2) is 0 Å². The molecule has 0 aliphatic carbocycles. The van der Waals surface area contributed by atoms with Crippen molar-refractivity contribution >= 4 is 76.1 Å². The first kappa shape index (κ1) is 34.5. The lowest BCUT2D eigenvalue weighted by molar-refractivity contribution is 1.08. The summed E-state index contributed by atoms with van der Waals surface area (Å²) in [5, 5.41) is 11.2. The molecule has 0 saturated carbocycles. The minimum atomic E-state index is 0.857. The molecule has 4 heteroatoms. The number of rotatable bonds is 5.